The van der Waals surface area contributed by atoms with Crippen LogP contribution < -0.4 is 5.32 Å². The van der Waals surface area contributed by atoms with Crippen molar-refractivity contribution in [1.29, 1.82) is 0 Å². The molecular weight excluding hydrogens is 440 g/mol. The minimum atomic E-state index is -3.55. The number of hydrogen-bond acceptors (Lipinski definition) is 6. The number of sulfonamides is 1. The fourth-order valence-corrected chi connectivity index (χ4v) is 5.40. The first-order valence-corrected chi connectivity index (χ1v) is 14.3. The van der Waals surface area contributed by atoms with Gasteiger partial charge in [-0.15, -0.1) is 0 Å². The maximum Gasteiger partial charge on any atom is 0.224 e. The molecule has 10 heteroatoms. The maximum absolute atomic E-state index is 12.8. The van der Waals surface area contributed by atoms with Crippen LogP contribution in [0.15, 0.2) is 30.3 Å². The molecule has 0 aliphatic rings. The average Bonchev–Trinajstić information content (AvgIpc) is 2.63. The fraction of sp³-hybridized carbons (Fsp3) is 0.667. The topological polar surface area (TPSA) is 121 Å². The van der Waals surface area contributed by atoms with Gasteiger partial charge in [0.1, 0.15) is 9.84 Å². The van der Waals surface area contributed by atoms with E-state index in [0.717, 1.165) is 18.1 Å². The Morgan fingerprint density at radius 2 is 1.65 bits per heavy atom. The normalized spacial score (nSPS) is 15.6. The van der Waals surface area contributed by atoms with Crippen LogP contribution in [0.5, 0.6) is 0 Å². The van der Waals surface area contributed by atoms with Crippen LogP contribution in [0.2, 0.25) is 0 Å². The summed E-state index contributed by atoms with van der Waals surface area (Å²) >= 11 is 0. The van der Waals surface area contributed by atoms with Crippen LogP contribution in [0.4, 0.5) is 0 Å². The third kappa shape index (κ3) is 10.6. The van der Waals surface area contributed by atoms with Gasteiger partial charge in [0.05, 0.1) is 30.1 Å². The summed E-state index contributed by atoms with van der Waals surface area (Å²) < 4.78 is 48.9. The third-order valence-electron chi connectivity index (χ3n) is 4.89. The fourth-order valence-electron chi connectivity index (χ4n) is 3.28. The number of amides is 1. The molecule has 1 aromatic rings. The standard InChI is InChI=1S/C21H36N2O6S2/c1-6-18(15-30(4,26)27)21(25)22-19(12-17-10-8-7-9-11-17)20(24)14-23(13-16(2)3)31(5,28)29/h7-11,16,18-20,24H,6,12-15H2,1-5H3,(H,22,25)/t18-,19+,20-/m1/s1. The number of aliphatic hydroxyl groups is 1. The van der Waals surface area contributed by atoms with E-state index in [-0.39, 0.29) is 31.2 Å². The largest absolute Gasteiger partial charge is 0.390 e. The molecule has 0 saturated carbocycles. The molecule has 178 valence electrons. The number of hydrogen-bond donors (Lipinski definition) is 2. The van der Waals surface area contributed by atoms with Crippen LogP contribution in [0.25, 0.3) is 0 Å². The highest BCUT2D eigenvalue weighted by Gasteiger charge is 2.30. The Labute approximate surface area is 187 Å². The number of sulfone groups is 1. The molecule has 1 aromatic carbocycles. The van der Waals surface area contributed by atoms with Crippen molar-refractivity contribution < 1.29 is 26.7 Å². The quantitative estimate of drug-likeness (QED) is 0.439. The molecule has 0 saturated heterocycles. The Morgan fingerprint density at radius 1 is 1.06 bits per heavy atom. The van der Waals surface area contributed by atoms with Gasteiger partial charge in [-0.3, -0.25) is 4.79 Å². The van der Waals surface area contributed by atoms with Crippen LogP contribution in [-0.4, -0.2) is 75.7 Å². The number of aliphatic hydroxyl groups excluding tert-OH is 1. The Balaban J connectivity index is 3.10. The van der Waals surface area contributed by atoms with Crippen molar-refractivity contribution in [2.75, 3.05) is 31.4 Å². The predicted octanol–water partition coefficient (Wildman–Crippen LogP) is 1.06. The highest BCUT2D eigenvalue weighted by atomic mass is 32.2. The van der Waals surface area contributed by atoms with Crippen molar-refractivity contribution in [3.63, 3.8) is 0 Å². The molecule has 1 amide bonds. The van der Waals surface area contributed by atoms with Gasteiger partial charge in [0.2, 0.25) is 15.9 Å². The minimum absolute atomic E-state index is 0.0586. The number of carbonyl (C=O) groups excluding carboxylic acids is 1. The number of benzene rings is 1. The van der Waals surface area contributed by atoms with Crippen molar-refractivity contribution >= 4 is 25.8 Å². The van der Waals surface area contributed by atoms with E-state index in [1.807, 2.05) is 44.2 Å². The molecule has 2 N–H and O–H groups in total. The molecule has 0 unspecified atom stereocenters. The van der Waals surface area contributed by atoms with E-state index in [2.05, 4.69) is 5.32 Å². The highest BCUT2D eigenvalue weighted by molar-refractivity contribution is 7.90. The van der Waals surface area contributed by atoms with Crippen molar-refractivity contribution in [3.05, 3.63) is 35.9 Å². The van der Waals surface area contributed by atoms with Crippen LogP contribution in [0.3, 0.4) is 0 Å². The van der Waals surface area contributed by atoms with Crippen LogP contribution >= 0.6 is 0 Å². The van der Waals surface area contributed by atoms with Crippen molar-refractivity contribution in [2.24, 2.45) is 11.8 Å². The molecule has 8 nitrogen and oxygen atoms in total. The van der Waals surface area contributed by atoms with Gasteiger partial charge in [-0.2, -0.15) is 4.31 Å². The van der Waals surface area contributed by atoms with Gasteiger partial charge in [-0.05, 0) is 24.3 Å². The second-order valence-electron chi connectivity index (χ2n) is 8.54. The van der Waals surface area contributed by atoms with E-state index >= 15 is 0 Å². The van der Waals surface area contributed by atoms with Gasteiger partial charge in [-0.25, -0.2) is 16.8 Å². The van der Waals surface area contributed by atoms with Gasteiger partial charge in [-0.1, -0.05) is 51.1 Å². The molecule has 0 spiro atoms. The van der Waals surface area contributed by atoms with Gasteiger partial charge in [0.15, 0.2) is 0 Å². The molecule has 0 aliphatic carbocycles. The van der Waals surface area contributed by atoms with Gasteiger partial charge in [0.25, 0.3) is 0 Å². The molecule has 0 bridgehead atoms. The second kappa shape index (κ2) is 11.9. The van der Waals surface area contributed by atoms with Gasteiger partial charge in [0, 0.05) is 19.3 Å². The summed E-state index contributed by atoms with van der Waals surface area (Å²) in [6.07, 6.45) is 1.60. The molecule has 31 heavy (non-hydrogen) atoms. The number of nitrogens with zero attached hydrogens (tertiary/aromatic N) is 1. The molecule has 0 radical (unpaired) electrons. The zero-order valence-corrected chi connectivity index (χ0v) is 20.6. The lowest BCUT2D eigenvalue weighted by Crippen LogP contribution is -2.52. The first-order chi connectivity index (χ1) is 14.2. The first kappa shape index (κ1) is 27.5. The van der Waals surface area contributed by atoms with E-state index < -0.39 is 43.8 Å². The Morgan fingerprint density at radius 3 is 2.10 bits per heavy atom. The first-order valence-electron chi connectivity index (χ1n) is 10.4. The van der Waals surface area contributed by atoms with E-state index in [9.17, 15) is 26.7 Å². The van der Waals surface area contributed by atoms with E-state index in [0.29, 0.717) is 6.42 Å². The molecule has 0 fully saturated rings. The third-order valence-corrected chi connectivity index (χ3v) is 7.13. The van der Waals surface area contributed by atoms with Crippen molar-refractivity contribution in [1.82, 2.24) is 9.62 Å². The lowest BCUT2D eigenvalue weighted by Gasteiger charge is -2.30. The van der Waals surface area contributed by atoms with Crippen molar-refractivity contribution in [2.45, 2.75) is 45.8 Å². The number of carbonyl (C=O) groups is 1. The summed E-state index contributed by atoms with van der Waals surface area (Å²) in [5.74, 6) is -1.44. The zero-order chi connectivity index (χ0) is 23.8. The molecule has 0 aromatic heterocycles. The van der Waals surface area contributed by atoms with Crippen LogP contribution in [0, 0.1) is 11.8 Å². The van der Waals surface area contributed by atoms with E-state index in [4.69, 9.17) is 0 Å². The van der Waals surface area contributed by atoms with Crippen molar-refractivity contribution in [3.8, 4) is 0 Å². The molecular formula is C21H36N2O6S2. The minimum Gasteiger partial charge on any atom is -0.390 e. The predicted molar refractivity (Wildman–Crippen MR) is 123 cm³/mol. The smallest absolute Gasteiger partial charge is 0.224 e. The Kier molecular flexibility index (Phi) is 10.6. The number of rotatable bonds is 13. The van der Waals surface area contributed by atoms with Gasteiger partial charge < -0.3 is 10.4 Å². The lowest BCUT2D eigenvalue weighted by atomic mass is 9.99. The van der Waals surface area contributed by atoms with Gasteiger partial charge >= 0.3 is 0 Å². The summed E-state index contributed by atoms with van der Waals surface area (Å²) in [5, 5.41) is 13.7. The SMILES string of the molecule is CC[C@H](CS(C)(=O)=O)C(=O)N[C@@H](Cc1ccccc1)[C@H](O)CN(CC(C)C)S(C)(=O)=O. The monoisotopic (exact) mass is 476 g/mol. The Bertz CT molecular complexity index is 901. The Hall–Kier alpha value is -1.49. The number of nitrogens with one attached hydrogen (secondary N) is 1. The molecule has 0 aliphatic heterocycles. The highest BCUT2D eigenvalue weighted by Crippen LogP contribution is 2.14. The lowest BCUT2D eigenvalue weighted by molar-refractivity contribution is -0.126. The van der Waals surface area contributed by atoms with Crippen LogP contribution in [-0.2, 0) is 31.1 Å². The second-order valence-corrected chi connectivity index (χ2v) is 12.7. The summed E-state index contributed by atoms with van der Waals surface area (Å²) in [6, 6.07) is 8.44. The average molecular weight is 477 g/mol. The van der Waals surface area contributed by atoms with Crippen LogP contribution in [0.1, 0.15) is 32.8 Å². The maximum atomic E-state index is 12.8. The molecule has 3 atom stereocenters. The summed E-state index contributed by atoms with van der Waals surface area (Å²) in [7, 11) is -6.91. The summed E-state index contributed by atoms with van der Waals surface area (Å²) in [6.45, 7) is 5.56. The summed E-state index contributed by atoms with van der Waals surface area (Å²) in [4.78, 5) is 12.8. The molecule has 0 heterocycles. The van der Waals surface area contributed by atoms with E-state index in [1.54, 1.807) is 6.92 Å². The molecule has 1 rings (SSSR count). The van der Waals surface area contributed by atoms with E-state index in [1.165, 1.54) is 4.31 Å². The summed E-state index contributed by atoms with van der Waals surface area (Å²) in [5.41, 5.74) is 0.859. The zero-order valence-electron chi connectivity index (χ0n) is 19.0.